The Balaban J connectivity index is 0.000000617. The molecule has 0 aliphatic rings. The topological polar surface area (TPSA) is 47.0 Å². The third-order valence-electron chi connectivity index (χ3n) is 5.63. The summed E-state index contributed by atoms with van der Waals surface area (Å²) in [4.78, 5) is 11.6. The van der Waals surface area contributed by atoms with E-state index < -0.39 is 7.25 Å². The molecular formula is C29H21BF4N2O2. The molecule has 38 heavy (non-hydrogen) atoms. The molecular weight excluding hydrogens is 495 g/mol. The maximum Gasteiger partial charge on any atom is 0.673 e. The molecule has 0 radical (unpaired) electrons. The van der Waals surface area contributed by atoms with E-state index in [1.165, 1.54) is 0 Å². The summed E-state index contributed by atoms with van der Waals surface area (Å²) in [6.07, 6.45) is 0. The van der Waals surface area contributed by atoms with Gasteiger partial charge in [0.2, 0.25) is 11.4 Å². The molecule has 1 aromatic heterocycles. The van der Waals surface area contributed by atoms with Gasteiger partial charge in [-0.3, -0.25) is 10.1 Å². The second-order valence-corrected chi connectivity index (χ2v) is 8.19. The standard InChI is InChI=1S/C29H21N2O2.BF4/c32-31(33)27-19-11-10-18-26(27)30-28(23-14-6-2-7-15-23)20-25(22-12-4-1-5-13-22)21-29(30)24-16-8-3-9-17-24;2-1(3,4)5/h1-21H;/q+1;-1. The zero-order valence-corrected chi connectivity index (χ0v) is 19.9. The average Bonchev–Trinajstić information content (AvgIpc) is 2.93. The average molecular weight is 516 g/mol. The Labute approximate surface area is 216 Å². The van der Waals surface area contributed by atoms with Crippen LogP contribution in [0.1, 0.15) is 0 Å². The van der Waals surface area contributed by atoms with Gasteiger partial charge in [-0.1, -0.05) is 78.9 Å². The van der Waals surface area contributed by atoms with Crippen molar-refractivity contribution >= 4 is 12.9 Å². The number of nitro groups is 1. The number of pyridine rings is 1. The van der Waals surface area contributed by atoms with E-state index in [0.717, 1.165) is 33.6 Å². The Morgan fingerprint density at radius 3 is 1.34 bits per heavy atom. The van der Waals surface area contributed by atoms with Crippen LogP contribution < -0.4 is 4.57 Å². The van der Waals surface area contributed by atoms with Crippen LogP contribution in [0.4, 0.5) is 23.0 Å². The van der Waals surface area contributed by atoms with Crippen LogP contribution in [0.15, 0.2) is 127 Å². The maximum absolute atomic E-state index is 12.0. The number of nitrogens with zero attached hydrogens (tertiary/aromatic N) is 2. The van der Waals surface area contributed by atoms with Gasteiger partial charge in [-0.2, -0.15) is 0 Å². The Morgan fingerprint density at radius 2 is 0.921 bits per heavy atom. The molecule has 5 aromatic rings. The number of para-hydroxylation sites is 2. The van der Waals surface area contributed by atoms with Gasteiger partial charge in [0.1, 0.15) is 0 Å². The van der Waals surface area contributed by atoms with Gasteiger partial charge in [-0.25, -0.2) is 0 Å². The van der Waals surface area contributed by atoms with Crippen LogP contribution in [0, 0.1) is 10.1 Å². The number of aromatic nitrogens is 1. The van der Waals surface area contributed by atoms with Gasteiger partial charge < -0.3 is 17.3 Å². The zero-order valence-electron chi connectivity index (χ0n) is 19.9. The highest BCUT2D eigenvalue weighted by Gasteiger charge is 2.30. The molecule has 0 bridgehead atoms. The highest BCUT2D eigenvalue weighted by Crippen LogP contribution is 2.32. The summed E-state index contributed by atoms with van der Waals surface area (Å²) >= 11 is 0. The lowest BCUT2D eigenvalue weighted by atomic mass is 9.98. The maximum atomic E-state index is 12.0. The van der Waals surface area contributed by atoms with Crippen LogP contribution >= 0.6 is 0 Å². The molecule has 9 heteroatoms. The second-order valence-electron chi connectivity index (χ2n) is 8.19. The molecule has 5 rings (SSSR count). The molecule has 0 saturated carbocycles. The zero-order chi connectivity index (χ0) is 27.1. The number of hydrogen-bond acceptors (Lipinski definition) is 2. The minimum Gasteiger partial charge on any atom is -0.418 e. The van der Waals surface area contributed by atoms with Crippen LogP contribution in [0.25, 0.3) is 39.3 Å². The van der Waals surface area contributed by atoms with Gasteiger partial charge in [-0.05, 0) is 35.4 Å². The molecule has 0 aliphatic carbocycles. The lowest BCUT2D eigenvalue weighted by molar-refractivity contribution is -0.578. The largest absolute Gasteiger partial charge is 0.673 e. The Bertz CT molecular complexity index is 1460. The molecule has 4 nitrogen and oxygen atoms in total. The van der Waals surface area contributed by atoms with Gasteiger partial charge in [-0.15, -0.1) is 4.57 Å². The molecule has 190 valence electrons. The van der Waals surface area contributed by atoms with Crippen LogP contribution in [-0.4, -0.2) is 12.2 Å². The molecule has 0 N–H and O–H groups in total. The van der Waals surface area contributed by atoms with Crippen molar-refractivity contribution in [1.29, 1.82) is 0 Å². The number of hydrogen-bond donors (Lipinski definition) is 0. The fraction of sp³-hybridized carbons (Fsp3) is 0. The van der Waals surface area contributed by atoms with Crippen molar-refractivity contribution in [2.45, 2.75) is 0 Å². The van der Waals surface area contributed by atoms with Crippen molar-refractivity contribution < 1.29 is 26.8 Å². The monoisotopic (exact) mass is 516 g/mol. The third kappa shape index (κ3) is 6.50. The highest BCUT2D eigenvalue weighted by molar-refractivity contribution is 6.50. The molecule has 0 unspecified atom stereocenters. The Kier molecular flexibility index (Phi) is 7.96. The molecule has 1 heterocycles. The van der Waals surface area contributed by atoms with E-state index in [9.17, 15) is 27.4 Å². The van der Waals surface area contributed by atoms with Gasteiger partial charge in [0.15, 0.2) is 0 Å². The third-order valence-corrected chi connectivity index (χ3v) is 5.63. The summed E-state index contributed by atoms with van der Waals surface area (Å²) < 4.78 is 41.0. The first-order chi connectivity index (χ1) is 18.2. The normalized spacial score (nSPS) is 10.8. The van der Waals surface area contributed by atoms with Crippen molar-refractivity contribution in [3.05, 3.63) is 138 Å². The van der Waals surface area contributed by atoms with E-state index >= 15 is 0 Å². The quantitative estimate of drug-likeness (QED) is 0.0778. The van der Waals surface area contributed by atoms with E-state index in [4.69, 9.17) is 0 Å². The SMILES string of the molecule is F[B-](F)(F)F.O=[N+]([O-])c1ccccc1-[n+]1c(-c2ccccc2)cc(-c2ccccc2)cc1-c1ccccc1. The summed E-state index contributed by atoms with van der Waals surface area (Å²) in [5.74, 6) is 0. The molecule has 0 spiro atoms. The summed E-state index contributed by atoms with van der Waals surface area (Å²) in [6, 6.07) is 41.3. The first kappa shape index (κ1) is 26.3. The number of halogens is 4. The lowest BCUT2D eigenvalue weighted by Crippen LogP contribution is -2.37. The minimum atomic E-state index is -6.00. The Morgan fingerprint density at radius 1 is 0.553 bits per heavy atom. The van der Waals surface area contributed by atoms with Gasteiger partial charge in [0.05, 0.1) is 4.92 Å². The van der Waals surface area contributed by atoms with Crippen molar-refractivity contribution in [2.24, 2.45) is 0 Å². The molecule has 0 atom stereocenters. The second kappa shape index (κ2) is 11.5. The smallest absolute Gasteiger partial charge is 0.418 e. The summed E-state index contributed by atoms with van der Waals surface area (Å²) in [5.41, 5.74) is 6.43. The van der Waals surface area contributed by atoms with Gasteiger partial charge in [0.25, 0.3) is 5.69 Å². The fourth-order valence-electron chi connectivity index (χ4n) is 4.10. The van der Waals surface area contributed by atoms with Crippen LogP contribution in [0.5, 0.6) is 0 Å². The van der Waals surface area contributed by atoms with E-state index in [1.807, 2.05) is 89.5 Å². The molecule has 0 amide bonds. The predicted octanol–water partition coefficient (Wildman–Crippen LogP) is 8.17. The van der Waals surface area contributed by atoms with Crippen molar-refractivity contribution in [2.75, 3.05) is 0 Å². The van der Waals surface area contributed by atoms with Gasteiger partial charge in [0, 0.05) is 35.4 Å². The van der Waals surface area contributed by atoms with Gasteiger partial charge >= 0.3 is 12.9 Å². The molecule has 4 aromatic carbocycles. The first-order valence-corrected chi connectivity index (χ1v) is 11.6. The summed E-state index contributed by atoms with van der Waals surface area (Å²) in [5, 5.41) is 12.0. The van der Waals surface area contributed by atoms with Crippen LogP contribution in [0.3, 0.4) is 0 Å². The molecule has 0 fully saturated rings. The van der Waals surface area contributed by atoms with Crippen LogP contribution in [-0.2, 0) is 0 Å². The summed E-state index contributed by atoms with van der Waals surface area (Å²) in [6.45, 7) is 0. The minimum absolute atomic E-state index is 0.0596. The number of benzene rings is 4. The highest BCUT2D eigenvalue weighted by atomic mass is 19.5. The van der Waals surface area contributed by atoms with Crippen molar-refractivity contribution in [3.63, 3.8) is 0 Å². The van der Waals surface area contributed by atoms with E-state index in [2.05, 4.69) is 24.3 Å². The molecule has 0 aliphatic heterocycles. The first-order valence-electron chi connectivity index (χ1n) is 11.6. The van der Waals surface area contributed by atoms with E-state index in [1.54, 1.807) is 18.2 Å². The number of rotatable bonds is 5. The predicted molar refractivity (Wildman–Crippen MR) is 141 cm³/mol. The summed E-state index contributed by atoms with van der Waals surface area (Å²) in [7, 11) is -6.00. The molecule has 0 saturated heterocycles. The lowest BCUT2D eigenvalue weighted by Gasteiger charge is -2.12. The number of nitro benzene ring substituents is 1. The van der Waals surface area contributed by atoms with Crippen molar-refractivity contribution in [3.8, 4) is 39.3 Å². The van der Waals surface area contributed by atoms with Crippen molar-refractivity contribution in [1.82, 2.24) is 0 Å². The fourth-order valence-corrected chi connectivity index (χ4v) is 4.10. The van der Waals surface area contributed by atoms with E-state index in [-0.39, 0.29) is 10.6 Å². The van der Waals surface area contributed by atoms with Crippen LogP contribution in [0.2, 0.25) is 0 Å². The van der Waals surface area contributed by atoms with E-state index in [0.29, 0.717) is 5.69 Å². The Hall–Kier alpha value is -4.79.